The SMILES string of the molecule is Oc1ccc2ccccc2c1O[C@H]1O[C@H](COCc2ccccc2)[C@@H](OCc2ccccc2)[C@H](OCc2ccccc2)[C@H]1OCc1ccccc1. The van der Waals surface area contributed by atoms with E-state index in [-0.39, 0.29) is 19.0 Å². The van der Waals surface area contributed by atoms with Crippen molar-refractivity contribution in [2.24, 2.45) is 0 Å². The molecule has 0 unspecified atom stereocenters. The Bertz CT molecular complexity index is 1920. The summed E-state index contributed by atoms with van der Waals surface area (Å²) in [6.07, 6.45) is -3.63. The molecule has 0 bridgehead atoms. The second-order valence-electron chi connectivity index (χ2n) is 12.6. The lowest BCUT2D eigenvalue weighted by atomic mass is 9.97. The predicted molar refractivity (Wildman–Crippen MR) is 196 cm³/mol. The van der Waals surface area contributed by atoms with E-state index < -0.39 is 30.7 Å². The first-order valence-electron chi connectivity index (χ1n) is 17.3. The summed E-state index contributed by atoms with van der Waals surface area (Å²) < 4.78 is 40.1. The third-order valence-corrected chi connectivity index (χ3v) is 8.93. The Kier molecular flexibility index (Phi) is 11.7. The molecule has 0 saturated carbocycles. The molecule has 260 valence electrons. The van der Waals surface area contributed by atoms with Crippen LogP contribution < -0.4 is 4.74 Å². The molecular formula is C44H42O7. The van der Waals surface area contributed by atoms with Crippen LogP contribution in [-0.4, -0.2) is 42.4 Å². The molecule has 7 rings (SSSR count). The lowest BCUT2D eigenvalue weighted by Gasteiger charge is -2.45. The fourth-order valence-electron chi connectivity index (χ4n) is 6.31. The van der Waals surface area contributed by atoms with Crippen molar-refractivity contribution in [2.75, 3.05) is 6.61 Å². The molecule has 0 aromatic heterocycles. The number of aromatic hydroxyl groups is 1. The van der Waals surface area contributed by atoms with Gasteiger partial charge >= 0.3 is 0 Å². The van der Waals surface area contributed by atoms with Crippen molar-refractivity contribution in [3.8, 4) is 11.5 Å². The molecule has 1 heterocycles. The first-order chi connectivity index (χ1) is 25.2. The van der Waals surface area contributed by atoms with Crippen molar-refractivity contribution in [1.29, 1.82) is 0 Å². The van der Waals surface area contributed by atoms with E-state index >= 15 is 0 Å². The van der Waals surface area contributed by atoms with Crippen LogP contribution >= 0.6 is 0 Å². The molecular weight excluding hydrogens is 640 g/mol. The maximum atomic E-state index is 11.1. The highest BCUT2D eigenvalue weighted by atomic mass is 16.7. The Hall–Kier alpha value is -5.02. The van der Waals surface area contributed by atoms with E-state index in [0.29, 0.717) is 25.6 Å². The van der Waals surface area contributed by atoms with Gasteiger partial charge in [-0.05, 0) is 33.7 Å². The Morgan fingerprint density at radius 2 is 0.941 bits per heavy atom. The number of ether oxygens (including phenoxy) is 6. The Morgan fingerprint density at radius 1 is 0.471 bits per heavy atom. The molecule has 1 fully saturated rings. The van der Waals surface area contributed by atoms with Crippen LogP contribution in [-0.2, 0) is 50.1 Å². The molecule has 6 aromatic rings. The van der Waals surface area contributed by atoms with Gasteiger partial charge in [0.15, 0.2) is 11.5 Å². The zero-order valence-electron chi connectivity index (χ0n) is 28.3. The standard InChI is InChI=1S/C44H42O7/c45-38-26-25-36-23-13-14-24-37(36)40(38)51-44-43(49-30-35-21-11-4-12-22-35)42(48-29-34-19-9-3-10-20-34)41(47-28-33-17-7-2-8-18-33)39(50-44)31-46-27-32-15-5-1-6-16-32/h1-26,39,41-45H,27-31H2/t39-,41-,42+,43-,44-/m1/s1. The smallest absolute Gasteiger partial charge is 0.229 e. The molecule has 0 radical (unpaired) electrons. The molecule has 1 aliphatic heterocycles. The van der Waals surface area contributed by atoms with Gasteiger partial charge in [-0.25, -0.2) is 0 Å². The van der Waals surface area contributed by atoms with Gasteiger partial charge < -0.3 is 33.5 Å². The normalized spacial score (nSPS) is 20.3. The zero-order chi connectivity index (χ0) is 34.7. The summed E-state index contributed by atoms with van der Waals surface area (Å²) >= 11 is 0. The van der Waals surface area contributed by atoms with Crippen molar-refractivity contribution < 1.29 is 33.5 Å². The number of phenolic OH excluding ortho intramolecular Hbond substituents is 1. The van der Waals surface area contributed by atoms with Gasteiger partial charge in [-0.3, -0.25) is 0 Å². The Morgan fingerprint density at radius 3 is 1.51 bits per heavy atom. The van der Waals surface area contributed by atoms with E-state index in [9.17, 15) is 5.11 Å². The minimum Gasteiger partial charge on any atom is -0.504 e. The third kappa shape index (κ3) is 9.02. The van der Waals surface area contributed by atoms with Gasteiger partial charge in [0.2, 0.25) is 6.29 Å². The molecule has 0 aliphatic carbocycles. The van der Waals surface area contributed by atoms with E-state index in [2.05, 4.69) is 0 Å². The van der Waals surface area contributed by atoms with Gasteiger partial charge in [-0.1, -0.05) is 152 Å². The number of rotatable bonds is 15. The molecule has 0 amide bonds. The van der Waals surface area contributed by atoms with Gasteiger partial charge in [0, 0.05) is 5.39 Å². The summed E-state index contributed by atoms with van der Waals surface area (Å²) in [5.74, 6) is 0.307. The van der Waals surface area contributed by atoms with E-state index in [1.807, 2.05) is 152 Å². The van der Waals surface area contributed by atoms with Gasteiger partial charge in [-0.2, -0.15) is 0 Å². The van der Waals surface area contributed by atoms with Crippen LogP contribution in [0.4, 0.5) is 0 Å². The number of phenols is 1. The summed E-state index contributed by atoms with van der Waals surface area (Å²) in [7, 11) is 0. The number of benzene rings is 6. The van der Waals surface area contributed by atoms with Gasteiger partial charge in [0.25, 0.3) is 0 Å². The van der Waals surface area contributed by atoms with Crippen LogP contribution in [0.5, 0.6) is 11.5 Å². The lowest BCUT2D eigenvalue weighted by Crippen LogP contribution is -2.62. The molecule has 6 aromatic carbocycles. The minimum atomic E-state index is -0.993. The lowest BCUT2D eigenvalue weighted by molar-refractivity contribution is -0.310. The quantitative estimate of drug-likeness (QED) is 0.116. The van der Waals surface area contributed by atoms with Crippen LogP contribution in [0.2, 0.25) is 0 Å². The largest absolute Gasteiger partial charge is 0.504 e. The number of hydrogen-bond acceptors (Lipinski definition) is 7. The van der Waals surface area contributed by atoms with Gasteiger partial charge in [-0.15, -0.1) is 0 Å². The fraction of sp³-hybridized carbons (Fsp3) is 0.227. The second-order valence-corrected chi connectivity index (χ2v) is 12.6. The highest BCUT2D eigenvalue weighted by molar-refractivity contribution is 5.90. The number of fused-ring (bicyclic) bond motifs is 1. The average molecular weight is 683 g/mol. The van der Waals surface area contributed by atoms with Crippen molar-refractivity contribution in [3.63, 3.8) is 0 Å². The van der Waals surface area contributed by atoms with E-state index in [1.54, 1.807) is 6.07 Å². The first kappa shape index (κ1) is 34.4. The summed E-state index contributed by atoms with van der Waals surface area (Å²) in [5.41, 5.74) is 4.06. The van der Waals surface area contributed by atoms with E-state index in [4.69, 9.17) is 28.4 Å². The van der Waals surface area contributed by atoms with Crippen LogP contribution in [0.1, 0.15) is 22.3 Å². The first-order valence-corrected chi connectivity index (χ1v) is 17.3. The Labute approximate surface area is 298 Å². The average Bonchev–Trinajstić information content (AvgIpc) is 3.19. The van der Waals surface area contributed by atoms with Gasteiger partial charge in [0.05, 0.1) is 33.0 Å². The summed E-state index contributed by atoms with van der Waals surface area (Å²) in [6.45, 7) is 1.52. The van der Waals surface area contributed by atoms with Gasteiger partial charge in [0.1, 0.15) is 24.4 Å². The highest BCUT2D eigenvalue weighted by Gasteiger charge is 2.50. The molecule has 5 atom stereocenters. The molecule has 1 aliphatic rings. The molecule has 7 heteroatoms. The predicted octanol–water partition coefficient (Wildman–Crippen LogP) is 8.62. The molecule has 51 heavy (non-hydrogen) atoms. The molecule has 7 nitrogen and oxygen atoms in total. The van der Waals surface area contributed by atoms with Crippen LogP contribution in [0.25, 0.3) is 10.8 Å². The number of hydrogen-bond donors (Lipinski definition) is 1. The van der Waals surface area contributed by atoms with Crippen LogP contribution in [0.3, 0.4) is 0 Å². The highest BCUT2D eigenvalue weighted by Crippen LogP contribution is 2.39. The summed E-state index contributed by atoms with van der Waals surface area (Å²) in [5, 5.41) is 12.8. The van der Waals surface area contributed by atoms with Crippen molar-refractivity contribution in [3.05, 3.63) is 180 Å². The Balaban J connectivity index is 1.25. The molecule has 1 saturated heterocycles. The zero-order valence-corrected chi connectivity index (χ0v) is 28.3. The van der Waals surface area contributed by atoms with E-state index in [1.165, 1.54) is 0 Å². The van der Waals surface area contributed by atoms with Crippen molar-refractivity contribution in [2.45, 2.75) is 57.1 Å². The topological polar surface area (TPSA) is 75.6 Å². The summed E-state index contributed by atoms with van der Waals surface area (Å²) in [4.78, 5) is 0. The van der Waals surface area contributed by atoms with Crippen molar-refractivity contribution in [1.82, 2.24) is 0 Å². The minimum absolute atomic E-state index is 0.000178. The van der Waals surface area contributed by atoms with Crippen molar-refractivity contribution >= 4 is 10.8 Å². The molecule has 0 spiro atoms. The maximum Gasteiger partial charge on any atom is 0.229 e. The second kappa shape index (κ2) is 17.3. The third-order valence-electron chi connectivity index (χ3n) is 8.93. The van der Waals surface area contributed by atoms with Crippen LogP contribution in [0, 0.1) is 0 Å². The summed E-state index contributed by atoms with van der Waals surface area (Å²) in [6, 6.07) is 51.3. The maximum absolute atomic E-state index is 11.1. The fourth-order valence-corrected chi connectivity index (χ4v) is 6.31. The van der Waals surface area contributed by atoms with E-state index in [0.717, 1.165) is 33.0 Å². The molecule has 1 N–H and O–H groups in total. The monoisotopic (exact) mass is 682 g/mol. The van der Waals surface area contributed by atoms with Crippen LogP contribution in [0.15, 0.2) is 158 Å².